The smallest absolute Gasteiger partial charge is 0.267 e. The first kappa shape index (κ1) is 15.6. The topological polar surface area (TPSA) is 81.8 Å². The largest absolute Gasteiger partial charge is 0.348 e. The summed E-state index contributed by atoms with van der Waals surface area (Å²) >= 11 is 1.53. The van der Waals surface area contributed by atoms with Gasteiger partial charge in [0.15, 0.2) is 5.16 Å². The number of nitrogens with one attached hydrogen (secondary N) is 1. The molecule has 2 aromatic heterocycles. The van der Waals surface area contributed by atoms with Gasteiger partial charge in [0.05, 0.1) is 6.33 Å². The van der Waals surface area contributed by atoms with E-state index in [0.29, 0.717) is 18.2 Å². The number of aromatic nitrogens is 4. The highest BCUT2D eigenvalue weighted by Gasteiger charge is 2.19. The molecule has 0 atom stereocenters. The summed E-state index contributed by atoms with van der Waals surface area (Å²) < 4.78 is 3.46. The van der Waals surface area contributed by atoms with E-state index >= 15 is 0 Å². The maximum Gasteiger partial charge on any atom is 0.267 e. The molecule has 0 unspecified atom stereocenters. The Kier molecular flexibility index (Phi) is 4.10. The zero-order valence-corrected chi connectivity index (χ0v) is 14.1. The second-order valence-corrected chi connectivity index (χ2v) is 6.64. The molecular weight excluding hydrogens is 338 g/mol. The van der Waals surface area contributed by atoms with Gasteiger partial charge in [0, 0.05) is 43.1 Å². The normalized spacial score (nSPS) is 12.8. The predicted octanol–water partition coefficient (Wildman–Crippen LogP) is 1.46. The molecule has 1 aliphatic heterocycles. The molecule has 0 spiro atoms. The number of rotatable bonds is 4. The third-order valence-corrected chi connectivity index (χ3v) is 4.96. The first-order valence-electron chi connectivity index (χ1n) is 7.80. The second kappa shape index (κ2) is 6.56. The highest BCUT2D eigenvalue weighted by Crippen LogP contribution is 2.20. The zero-order chi connectivity index (χ0) is 17.2. The summed E-state index contributed by atoms with van der Waals surface area (Å²) in [7, 11) is 0. The number of hydrogen-bond acceptors (Lipinski definition) is 5. The van der Waals surface area contributed by atoms with Crippen LogP contribution in [0.15, 0.2) is 59.1 Å². The van der Waals surface area contributed by atoms with Gasteiger partial charge >= 0.3 is 0 Å². The van der Waals surface area contributed by atoms with Crippen LogP contribution < -0.4 is 10.9 Å². The standard InChI is InChI=1S/C17H15N5O2S/c23-15(14-10-20-17-22(16(14)24)7-8-25-17)19-9-12-1-3-13(4-2-12)21-6-5-18-11-21/h1-6,10-11H,7-9H2,(H,19,23). The van der Waals surface area contributed by atoms with Crippen LogP contribution in [-0.2, 0) is 13.1 Å². The van der Waals surface area contributed by atoms with E-state index in [1.807, 2.05) is 35.0 Å². The average Bonchev–Trinajstić information content (AvgIpc) is 3.32. The summed E-state index contributed by atoms with van der Waals surface area (Å²) in [6.07, 6.45) is 6.67. The van der Waals surface area contributed by atoms with Crippen LogP contribution in [0.2, 0.25) is 0 Å². The molecule has 0 bridgehead atoms. The van der Waals surface area contributed by atoms with E-state index in [1.165, 1.54) is 18.0 Å². The number of carbonyl (C=O) groups excluding carboxylic acids is 1. The fourth-order valence-corrected chi connectivity index (χ4v) is 3.56. The molecule has 0 radical (unpaired) electrons. The van der Waals surface area contributed by atoms with Gasteiger partial charge in [-0.25, -0.2) is 9.97 Å². The monoisotopic (exact) mass is 353 g/mol. The van der Waals surface area contributed by atoms with Crippen LogP contribution in [0, 0.1) is 0 Å². The number of carbonyl (C=O) groups is 1. The van der Waals surface area contributed by atoms with Gasteiger partial charge in [-0.15, -0.1) is 0 Å². The molecule has 7 nitrogen and oxygen atoms in total. The van der Waals surface area contributed by atoms with Crippen LogP contribution >= 0.6 is 11.8 Å². The van der Waals surface area contributed by atoms with Gasteiger partial charge in [-0.1, -0.05) is 23.9 Å². The first-order chi connectivity index (χ1) is 12.2. The SMILES string of the molecule is O=C(NCc1ccc(-n2ccnc2)cc1)c1cnc2n(c1=O)CCS2. The van der Waals surface area contributed by atoms with Crippen LogP contribution in [-0.4, -0.2) is 30.8 Å². The molecule has 126 valence electrons. The number of nitrogens with zero attached hydrogens (tertiary/aromatic N) is 4. The lowest BCUT2D eigenvalue weighted by atomic mass is 10.2. The van der Waals surface area contributed by atoms with Gasteiger partial charge in [-0.3, -0.25) is 14.2 Å². The van der Waals surface area contributed by atoms with Gasteiger partial charge in [0.2, 0.25) is 0 Å². The Balaban J connectivity index is 1.45. The Bertz CT molecular complexity index is 964. The number of amides is 1. The number of hydrogen-bond donors (Lipinski definition) is 1. The van der Waals surface area contributed by atoms with Crippen molar-refractivity contribution in [3.8, 4) is 5.69 Å². The van der Waals surface area contributed by atoms with Crippen molar-refractivity contribution in [1.29, 1.82) is 0 Å². The molecule has 3 heterocycles. The number of fused-ring (bicyclic) bond motifs is 1. The van der Waals surface area contributed by atoms with Crippen molar-refractivity contribution in [3.63, 3.8) is 0 Å². The number of imidazole rings is 1. The van der Waals surface area contributed by atoms with E-state index in [9.17, 15) is 9.59 Å². The highest BCUT2D eigenvalue weighted by atomic mass is 32.2. The van der Waals surface area contributed by atoms with Crippen LogP contribution in [0.4, 0.5) is 0 Å². The fraction of sp³-hybridized carbons (Fsp3) is 0.176. The molecule has 4 rings (SSSR count). The van der Waals surface area contributed by atoms with Gasteiger partial charge in [-0.2, -0.15) is 0 Å². The third kappa shape index (κ3) is 3.08. The van der Waals surface area contributed by atoms with Crippen molar-refractivity contribution in [1.82, 2.24) is 24.4 Å². The minimum atomic E-state index is -0.400. The summed E-state index contributed by atoms with van der Waals surface area (Å²) in [4.78, 5) is 32.8. The van der Waals surface area contributed by atoms with Crippen molar-refractivity contribution in [2.45, 2.75) is 18.2 Å². The summed E-state index contributed by atoms with van der Waals surface area (Å²) in [6.45, 7) is 0.946. The molecule has 25 heavy (non-hydrogen) atoms. The number of thioether (sulfide) groups is 1. The lowest BCUT2D eigenvalue weighted by Crippen LogP contribution is -2.33. The van der Waals surface area contributed by atoms with E-state index in [4.69, 9.17) is 0 Å². The summed E-state index contributed by atoms with van der Waals surface area (Å²) in [5.41, 5.74) is 1.75. The van der Waals surface area contributed by atoms with Crippen LogP contribution in [0.5, 0.6) is 0 Å². The first-order valence-corrected chi connectivity index (χ1v) is 8.79. The van der Waals surface area contributed by atoms with Gasteiger partial charge in [0.25, 0.3) is 11.5 Å². The molecule has 0 fully saturated rings. The quantitative estimate of drug-likeness (QED) is 0.718. The second-order valence-electron chi connectivity index (χ2n) is 5.58. The average molecular weight is 353 g/mol. The maximum absolute atomic E-state index is 12.3. The lowest BCUT2D eigenvalue weighted by molar-refractivity contribution is 0.0948. The molecule has 1 aromatic carbocycles. The van der Waals surface area contributed by atoms with Gasteiger partial charge in [0.1, 0.15) is 5.56 Å². The van der Waals surface area contributed by atoms with E-state index in [0.717, 1.165) is 17.0 Å². The zero-order valence-electron chi connectivity index (χ0n) is 13.3. The van der Waals surface area contributed by atoms with Crippen LogP contribution in [0.3, 0.4) is 0 Å². The van der Waals surface area contributed by atoms with Crippen molar-refractivity contribution in [2.75, 3.05) is 5.75 Å². The Labute approximate surface area is 147 Å². The molecule has 3 aromatic rings. The van der Waals surface area contributed by atoms with E-state index in [2.05, 4.69) is 15.3 Å². The van der Waals surface area contributed by atoms with Gasteiger partial charge < -0.3 is 9.88 Å². The molecule has 1 aliphatic rings. The Morgan fingerprint density at radius 2 is 2.12 bits per heavy atom. The minimum absolute atomic E-state index is 0.0845. The summed E-state index contributed by atoms with van der Waals surface area (Å²) in [5.74, 6) is 0.416. The predicted molar refractivity (Wildman–Crippen MR) is 94.0 cm³/mol. The summed E-state index contributed by atoms with van der Waals surface area (Å²) in [6, 6.07) is 7.76. The van der Waals surface area contributed by atoms with Crippen LogP contribution in [0.25, 0.3) is 5.69 Å². The van der Waals surface area contributed by atoms with Crippen molar-refractivity contribution in [2.24, 2.45) is 0 Å². The fourth-order valence-electron chi connectivity index (χ4n) is 2.65. The molecular formula is C17H15N5O2S. The molecule has 0 aliphatic carbocycles. The third-order valence-electron chi connectivity index (χ3n) is 3.99. The highest BCUT2D eigenvalue weighted by molar-refractivity contribution is 7.99. The van der Waals surface area contributed by atoms with Crippen molar-refractivity contribution < 1.29 is 4.79 Å². The Hall–Kier alpha value is -2.87. The molecule has 0 saturated carbocycles. The number of benzene rings is 1. The van der Waals surface area contributed by atoms with E-state index in [1.54, 1.807) is 17.1 Å². The molecule has 1 amide bonds. The molecule has 8 heteroatoms. The van der Waals surface area contributed by atoms with E-state index < -0.39 is 5.91 Å². The van der Waals surface area contributed by atoms with E-state index in [-0.39, 0.29) is 11.1 Å². The maximum atomic E-state index is 12.3. The van der Waals surface area contributed by atoms with Gasteiger partial charge in [-0.05, 0) is 17.7 Å². The minimum Gasteiger partial charge on any atom is -0.348 e. The Morgan fingerprint density at radius 1 is 1.28 bits per heavy atom. The lowest BCUT2D eigenvalue weighted by Gasteiger charge is -2.08. The van der Waals surface area contributed by atoms with Crippen molar-refractivity contribution in [3.05, 3.63) is 70.7 Å². The van der Waals surface area contributed by atoms with Crippen molar-refractivity contribution >= 4 is 17.7 Å². The summed E-state index contributed by atoms with van der Waals surface area (Å²) in [5, 5.41) is 3.46. The molecule has 1 N–H and O–H groups in total. The van der Waals surface area contributed by atoms with Crippen LogP contribution in [0.1, 0.15) is 15.9 Å². The Morgan fingerprint density at radius 3 is 2.88 bits per heavy atom. The molecule has 0 saturated heterocycles.